The van der Waals surface area contributed by atoms with Gasteiger partial charge in [-0.3, -0.25) is 4.79 Å². The van der Waals surface area contributed by atoms with Crippen LogP contribution < -0.4 is 5.14 Å². The van der Waals surface area contributed by atoms with Crippen molar-refractivity contribution in [2.45, 2.75) is 43.5 Å². The fourth-order valence-corrected chi connectivity index (χ4v) is 4.66. The van der Waals surface area contributed by atoms with Gasteiger partial charge in [0, 0.05) is 29.2 Å². The quantitative estimate of drug-likeness (QED) is 0.687. The zero-order valence-corrected chi connectivity index (χ0v) is 17.4. The highest BCUT2D eigenvalue weighted by Crippen LogP contribution is 2.30. The van der Waals surface area contributed by atoms with Crippen molar-refractivity contribution in [2.24, 2.45) is 5.14 Å². The van der Waals surface area contributed by atoms with E-state index < -0.39 is 10.0 Å². The maximum absolute atomic E-state index is 13.1. The van der Waals surface area contributed by atoms with Gasteiger partial charge in [-0.1, -0.05) is 12.1 Å². The lowest BCUT2D eigenvalue weighted by molar-refractivity contribution is 0.0742. The van der Waals surface area contributed by atoms with Crippen molar-refractivity contribution >= 4 is 26.8 Å². The van der Waals surface area contributed by atoms with Gasteiger partial charge in [0.05, 0.1) is 10.9 Å². The molecule has 3 N–H and O–H groups in total. The van der Waals surface area contributed by atoms with Crippen LogP contribution >= 0.6 is 0 Å². The van der Waals surface area contributed by atoms with E-state index in [0.29, 0.717) is 11.1 Å². The Morgan fingerprint density at radius 2 is 1.90 bits per heavy atom. The maximum Gasteiger partial charge on any atom is 0.254 e. The molecule has 29 heavy (non-hydrogen) atoms. The number of amides is 1. The lowest BCUT2D eigenvalue weighted by Crippen LogP contribution is -2.29. The van der Waals surface area contributed by atoms with Crippen LogP contribution in [0, 0.1) is 0 Å². The number of aromatic nitrogens is 1. The van der Waals surface area contributed by atoms with Gasteiger partial charge < -0.3 is 9.88 Å². The van der Waals surface area contributed by atoms with Crippen molar-refractivity contribution < 1.29 is 13.2 Å². The first-order chi connectivity index (χ1) is 13.8. The summed E-state index contributed by atoms with van der Waals surface area (Å²) in [4.78, 5) is 18.3. The van der Waals surface area contributed by atoms with Crippen LogP contribution in [0.5, 0.6) is 0 Å². The number of benzene rings is 2. The summed E-state index contributed by atoms with van der Waals surface area (Å²) in [6.07, 6.45) is 4.48. The molecule has 0 radical (unpaired) electrons. The molecule has 1 aliphatic rings. The van der Waals surface area contributed by atoms with E-state index in [9.17, 15) is 13.2 Å². The van der Waals surface area contributed by atoms with Crippen molar-refractivity contribution in [2.75, 3.05) is 7.05 Å². The number of hydrogen-bond donors (Lipinski definition) is 2. The molecule has 1 unspecified atom stereocenters. The number of hydrogen-bond acceptors (Lipinski definition) is 3. The molecule has 7 heteroatoms. The van der Waals surface area contributed by atoms with Gasteiger partial charge in [-0.05, 0) is 74.1 Å². The minimum Gasteiger partial charge on any atom is -0.358 e. The molecule has 1 atom stereocenters. The summed E-state index contributed by atoms with van der Waals surface area (Å²) in [5, 5.41) is 6.37. The number of aromatic amines is 1. The predicted octanol–water partition coefficient (Wildman–Crippen LogP) is 3.53. The number of fused-ring (bicyclic) bond motifs is 3. The van der Waals surface area contributed by atoms with Crippen molar-refractivity contribution in [3.05, 3.63) is 64.8 Å². The molecule has 0 saturated heterocycles. The second kappa shape index (κ2) is 7.31. The molecule has 1 heterocycles. The van der Waals surface area contributed by atoms with Gasteiger partial charge >= 0.3 is 0 Å². The van der Waals surface area contributed by atoms with Gasteiger partial charge in [0.25, 0.3) is 5.91 Å². The molecule has 0 fully saturated rings. The highest BCUT2D eigenvalue weighted by molar-refractivity contribution is 7.89. The average Bonchev–Trinajstić information content (AvgIpc) is 3.09. The van der Waals surface area contributed by atoms with E-state index in [0.717, 1.165) is 23.7 Å². The number of H-pyrrole nitrogens is 1. The largest absolute Gasteiger partial charge is 0.358 e. The van der Waals surface area contributed by atoms with Gasteiger partial charge in [-0.15, -0.1) is 0 Å². The summed E-state index contributed by atoms with van der Waals surface area (Å²) in [5.74, 6) is -0.105. The first-order valence-corrected chi connectivity index (χ1v) is 11.3. The van der Waals surface area contributed by atoms with Crippen LogP contribution in [-0.2, 0) is 22.9 Å². The zero-order valence-electron chi connectivity index (χ0n) is 16.6. The van der Waals surface area contributed by atoms with Crippen molar-refractivity contribution in [1.29, 1.82) is 0 Å². The number of nitrogens with two attached hydrogens (primary N) is 1. The summed E-state index contributed by atoms with van der Waals surface area (Å²) in [6.45, 7) is 1.87. The van der Waals surface area contributed by atoms with Crippen LogP contribution in [-0.4, -0.2) is 31.3 Å². The standard InChI is InChI=1S/C22H25N3O3S/c1-14(15-6-5-7-17(12-15)29(23,27)28)25(2)22(26)16-10-11-21-19(13-16)18-8-3-4-9-20(18)24-21/h5-7,10-14,24H,3-4,8-9H2,1-2H3,(H2,23,27,28). The van der Waals surface area contributed by atoms with Crippen LogP contribution in [0.4, 0.5) is 0 Å². The molecule has 0 aliphatic heterocycles. The number of primary sulfonamides is 1. The van der Waals surface area contributed by atoms with Crippen molar-refractivity contribution in [1.82, 2.24) is 9.88 Å². The fourth-order valence-electron chi connectivity index (χ4n) is 4.09. The molecule has 0 spiro atoms. The highest BCUT2D eigenvalue weighted by Gasteiger charge is 2.22. The molecule has 1 aliphatic carbocycles. The smallest absolute Gasteiger partial charge is 0.254 e. The van der Waals surface area contributed by atoms with Crippen LogP contribution in [0.15, 0.2) is 47.4 Å². The second-order valence-corrected chi connectivity index (χ2v) is 9.32. The number of aryl methyl sites for hydroxylation is 2. The molecule has 0 saturated carbocycles. The highest BCUT2D eigenvalue weighted by atomic mass is 32.2. The van der Waals surface area contributed by atoms with Crippen LogP contribution in [0.2, 0.25) is 0 Å². The average molecular weight is 412 g/mol. The van der Waals surface area contributed by atoms with Crippen molar-refractivity contribution in [3.63, 3.8) is 0 Å². The second-order valence-electron chi connectivity index (χ2n) is 7.76. The Balaban J connectivity index is 1.64. The molecule has 6 nitrogen and oxygen atoms in total. The fraction of sp³-hybridized carbons (Fsp3) is 0.318. The third-order valence-electron chi connectivity index (χ3n) is 5.92. The lowest BCUT2D eigenvalue weighted by atomic mass is 9.95. The number of nitrogens with one attached hydrogen (secondary N) is 1. The zero-order chi connectivity index (χ0) is 20.8. The Kier molecular flexibility index (Phi) is 4.96. The summed E-state index contributed by atoms with van der Waals surface area (Å²) in [6, 6.07) is 11.9. The number of carbonyl (C=O) groups excluding carboxylic acids is 1. The van der Waals surface area contributed by atoms with E-state index in [1.54, 1.807) is 24.1 Å². The van der Waals surface area contributed by atoms with E-state index in [4.69, 9.17) is 5.14 Å². The van der Waals surface area contributed by atoms with Gasteiger partial charge in [0.15, 0.2) is 0 Å². The predicted molar refractivity (Wildman–Crippen MR) is 113 cm³/mol. The third kappa shape index (κ3) is 3.68. The number of rotatable bonds is 4. The molecule has 4 rings (SSSR count). The number of carbonyl (C=O) groups is 1. The van der Waals surface area contributed by atoms with Crippen LogP contribution in [0.1, 0.15) is 53.0 Å². The van der Waals surface area contributed by atoms with Gasteiger partial charge in [0.1, 0.15) is 0 Å². The molecule has 1 aromatic heterocycles. The lowest BCUT2D eigenvalue weighted by Gasteiger charge is -2.26. The van der Waals surface area contributed by atoms with Gasteiger partial charge in [-0.2, -0.15) is 0 Å². The minimum absolute atomic E-state index is 0.0445. The van der Waals surface area contributed by atoms with E-state index in [1.165, 1.54) is 36.2 Å². The topological polar surface area (TPSA) is 96.3 Å². The molecular weight excluding hydrogens is 386 g/mol. The Morgan fingerprint density at radius 3 is 2.66 bits per heavy atom. The van der Waals surface area contributed by atoms with Gasteiger partial charge in [-0.25, -0.2) is 13.6 Å². The monoisotopic (exact) mass is 411 g/mol. The normalized spacial score (nSPS) is 15.1. The maximum atomic E-state index is 13.1. The third-order valence-corrected chi connectivity index (χ3v) is 6.83. The van der Waals surface area contributed by atoms with Crippen LogP contribution in [0.25, 0.3) is 10.9 Å². The Hall–Kier alpha value is -2.64. The van der Waals surface area contributed by atoms with E-state index in [2.05, 4.69) is 4.98 Å². The number of nitrogens with zero attached hydrogens (tertiary/aromatic N) is 1. The molecule has 152 valence electrons. The van der Waals surface area contributed by atoms with Gasteiger partial charge in [0.2, 0.25) is 10.0 Å². The summed E-state index contributed by atoms with van der Waals surface area (Å²) < 4.78 is 23.3. The summed E-state index contributed by atoms with van der Waals surface area (Å²) >= 11 is 0. The minimum atomic E-state index is -3.79. The summed E-state index contributed by atoms with van der Waals surface area (Å²) in [5.41, 5.74) is 5.04. The summed E-state index contributed by atoms with van der Waals surface area (Å²) in [7, 11) is -2.06. The Bertz CT molecular complexity index is 1200. The van der Waals surface area contributed by atoms with Crippen molar-refractivity contribution in [3.8, 4) is 0 Å². The molecule has 3 aromatic rings. The van der Waals surface area contributed by atoms with E-state index >= 15 is 0 Å². The molecule has 1 amide bonds. The molecular formula is C22H25N3O3S. The first kappa shape index (κ1) is 19.7. The Morgan fingerprint density at radius 1 is 1.14 bits per heavy atom. The van der Waals surface area contributed by atoms with Crippen LogP contribution in [0.3, 0.4) is 0 Å². The number of sulfonamides is 1. The molecule has 0 bridgehead atoms. The first-order valence-electron chi connectivity index (χ1n) is 9.79. The Labute approximate surface area is 170 Å². The van der Waals surface area contributed by atoms with E-state index in [1.807, 2.05) is 25.1 Å². The molecule has 2 aromatic carbocycles. The van der Waals surface area contributed by atoms with E-state index in [-0.39, 0.29) is 16.8 Å². The SMILES string of the molecule is CC(c1cccc(S(N)(=O)=O)c1)N(C)C(=O)c1ccc2[nH]c3c(c2c1)CCCC3.